The first kappa shape index (κ1) is 37.5. The van der Waals surface area contributed by atoms with Crippen LogP contribution in [0.5, 0.6) is 0 Å². The van der Waals surface area contributed by atoms with Gasteiger partial charge in [-0.05, 0) is 56.1 Å². The predicted octanol–water partition coefficient (Wildman–Crippen LogP) is 11.9. The second-order valence-corrected chi connectivity index (χ2v) is 20.5. The SMILES string of the molecule is CCC(CC)C(=O)/C=C(\O)C(CC)CC.[2H]c1nc(-c2[c-]c3ccccc3c([Si](C)(C)C)c2)c2sc3cc(C4CCCCC4)ccc3c2n1.[Ir]. The van der Waals surface area contributed by atoms with E-state index >= 15 is 0 Å². The van der Waals surface area contributed by atoms with Crippen molar-refractivity contribution in [3.05, 3.63) is 78.3 Å². The van der Waals surface area contributed by atoms with E-state index < -0.39 is 8.07 Å². The van der Waals surface area contributed by atoms with Gasteiger partial charge in [-0.3, -0.25) is 9.78 Å². The topological polar surface area (TPSA) is 63.1 Å². The molecule has 7 heteroatoms. The Labute approximate surface area is 313 Å². The number of allylic oxidation sites excluding steroid dienone is 2. The van der Waals surface area contributed by atoms with Crippen LogP contribution in [0, 0.1) is 17.9 Å². The number of benzene rings is 3. The molecule has 2 heterocycles. The van der Waals surface area contributed by atoms with Crippen LogP contribution in [0.4, 0.5) is 0 Å². The van der Waals surface area contributed by atoms with Gasteiger partial charge in [-0.2, -0.15) is 0 Å². The van der Waals surface area contributed by atoms with Gasteiger partial charge in [0.15, 0.2) is 5.78 Å². The second-order valence-electron chi connectivity index (χ2n) is 14.4. The van der Waals surface area contributed by atoms with Gasteiger partial charge in [0.05, 0.1) is 19.3 Å². The largest absolute Gasteiger partial charge is 0.512 e. The third kappa shape index (κ3) is 8.97. The van der Waals surface area contributed by atoms with Gasteiger partial charge >= 0.3 is 0 Å². The van der Waals surface area contributed by atoms with Crippen LogP contribution in [0.2, 0.25) is 19.6 Å². The van der Waals surface area contributed by atoms with Crippen LogP contribution in [-0.4, -0.2) is 28.9 Å². The van der Waals surface area contributed by atoms with Crippen molar-refractivity contribution >= 4 is 61.5 Å². The molecule has 6 rings (SSSR count). The number of hydrogen-bond acceptors (Lipinski definition) is 5. The van der Waals surface area contributed by atoms with Crippen molar-refractivity contribution in [3.63, 3.8) is 0 Å². The quantitative estimate of drug-likeness (QED) is 0.0657. The molecule has 0 unspecified atom stereocenters. The molecule has 2 aromatic heterocycles. The summed E-state index contributed by atoms with van der Waals surface area (Å²) in [5.41, 5.74) is 4.19. The first-order valence-electron chi connectivity index (χ1n) is 18.6. The number of carbonyl (C=O) groups is 1. The van der Waals surface area contributed by atoms with E-state index in [0.717, 1.165) is 57.9 Å². The zero-order valence-corrected chi connectivity index (χ0v) is 34.5. The van der Waals surface area contributed by atoms with Gasteiger partial charge in [-0.1, -0.05) is 108 Å². The van der Waals surface area contributed by atoms with Crippen molar-refractivity contribution in [2.24, 2.45) is 11.8 Å². The number of rotatable bonds is 10. The van der Waals surface area contributed by atoms with Gasteiger partial charge in [0.2, 0.25) is 0 Å². The minimum absolute atomic E-state index is 0. The molecule has 0 saturated heterocycles. The maximum atomic E-state index is 11.7. The summed E-state index contributed by atoms with van der Waals surface area (Å²) in [7, 11) is -1.61. The molecule has 4 nitrogen and oxygen atoms in total. The summed E-state index contributed by atoms with van der Waals surface area (Å²) in [5.74, 6) is 1.22. The number of thiophene rings is 1. The van der Waals surface area contributed by atoms with E-state index in [9.17, 15) is 9.90 Å². The molecular weight excluding hydrogens is 817 g/mol. The Kier molecular flexibility index (Phi) is 13.4. The molecule has 0 aliphatic heterocycles. The summed E-state index contributed by atoms with van der Waals surface area (Å²) in [4.78, 5) is 21.0. The summed E-state index contributed by atoms with van der Waals surface area (Å²) in [6.07, 6.45) is 11.6. The monoisotopic (exact) mass is 871 g/mol. The van der Waals surface area contributed by atoms with Crippen molar-refractivity contribution in [2.75, 3.05) is 0 Å². The van der Waals surface area contributed by atoms with Crippen LogP contribution >= 0.6 is 11.3 Å². The van der Waals surface area contributed by atoms with E-state index in [4.69, 9.17) is 1.37 Å². The van der Waals surface area contributed by atoms with E-state index in [-0.39, 0.29) is 49.8 Å². The summed E-state index contributed by atoms with van der Waals surface area (Å²) >= 11 is 1.77. The van der Waals surface area contributed by atoms with Gasteiger partial charge in [-0.15, -0.1) is 40.1 Å². The van der Waals surface area contributed by atoms with Crippen molar-refractivity contribution in [3.8, 4) is 11.3 Å². The Morgan fingerprint density at radius 1 is 0.959 bits per heavy atom. The molecule has 263 valence electrons. The molecule has 0 bridgehead atoms. The molecule has 1 aliphatic carbocycles. The van der Waals surface area contributed by atoms with Crippen molar-refractivity contribution in [1.29, 1.82) is 0 Å². The summed E-state index contributed by atoms with van der Waals surface area (Å²) < 4.78 is 10.7. The average Bonchev–Trinajstić information content (AvgIpc) is 3.46. The second kappa shape index (κ2) is 17.5. The van der Waals surface area contributed by atoms with Crippen LogP contribution in [0.1, 0.15) is 98.3 Å². The number of nitrogens with zero attached hydrogens (tertiary/aromatic N) is 2. The Balaban J connectivity index is 0.000000301. The van der Waals surface area contributed by atoms with E-state index in [1.165, 1.54) is 59.0 Å². The van der Waals surface area contributed by atoms with Crippen LogP contribution in [0.25, 0.3) is 42.3 Å². The number of aromatic nitrogens is 2. The normalized spacial score (nSPS) is 14.6. The van der Waals surface area contributed by atoms with Gasteiger partial charge in [0.25, 0.3) is 0 Å². The molecule has 5 aromatic rings. The minimum Gasteiger partial charge on any atom is -0.512 e. The summed E-state index contributed by atoms with van der Waals surface area (Å²) in [6.45, 7) is 15.2. The minimum atomic E-state index is -1.61. The predicted molar refractivity (Wildman–Crippen MR) is 209 cm³/mol. The maximum absolute atomic E-state index is 11.7. The molecule has 1 aliphatic rings. The number of aliphatic hydroxyl groups is 1. The van der Waals surface area contributed by atoms with Crippen LogP contribution in [0.15, 0.2) is 66.7 Å². The molecule has 1 fully saturated rings. The van der Waals surface area contributed by atoms with Crippen LogP contribution < -0.4 is 5.19 Å². The molecule has 49 heavy (non-hydrogen) atoms. The van der Waals surface area contributed by atoms with Crippen molar-refractivity contribution in [2.45, 2.75) is 111 Å². The number of aliphatic hydroxyl groups excluding tert-OH is 1. The molecule has 1 saturated carbocycles. The Bertz CT molecular complexity index is 1950. The summed E-state index contributed by atoms with van der Waals surface area (Å²) in [6, 6.07) is 21.4. The number of carbonyl (C=O) groups excluding carboxylic acids is 1. The third-order valence-electron chi connectivity index (χ3n) is 10.2. The smallest absolute Gasteiger partial charge is 0.162 e. The fourth-order valence-corrected chi connectivity index (χ4v) is 9.97. The first-order chi connectivity index (χ1) is 23.5. The molecule has 0 atom stereocenters. The van der Waals surface area contributed by atoms with Crippen molar-refractivity contribution < 1.29 is 31.4 Å². The average molecular weight is 871 g/mol. The van der Waals surface area contributed by atoms with E-state index in [0.29, 0.717) is 5.92 Å². The zero-order valence-electron chi connectivity index (χ0n) is 31.3. The van der Waals surface area contributed by atoms with Gasteiger partial charge in [-0.25, -0.2) is 4.98 Å². The standard InChI is InChI=1S/C29H29N2SSi.C13H24O2.Ir/c1-33(2,3)26-17-22(15-21-11-7-8-12-23(21)26)27-29-28(31-18-30-27)24-14-13-20(16-25(24)32-29)19-9-5-4-6-10-19;1-5-10(6-2)12(14)9-13(15)11(7-3)8-4;/h7-8,11-14,16-19H,4-6,9-10H2,1-3H3;9-11,14H,5-8H2,1-4H3;/q-1;;/b;12-9-;/i18D;;. The Hall–Kier alpha value is -2.70. The fraction of sp³-hybridized carbons (Fsp3) is 0.452. The van der Waals surface area contributed by atoms with Gasteiger partial charge in [0, 0.05) is 58.5 Å². The molecule has 3 aromatic carbocycles. The maximum Gasteiger partial charge on any atom is 0.162 e. The van der Waals surface area contributed by atoms with Gasteiger partial charge in [0.1, 0.15) is 7.67 Å². The van der Waals surface area contributed by atoms with Crippen LogP contribution in [0.3, 0.4) is 0 Å². The number of ketones is 1. The number of fused-ring (bicyclic) bond motifs is 4. The first-order valence-corrected chi connectivity index (χ1v) is 22.4. The van der Waals surface area contributed by atoms with Crippen molar-refractivity contribution in [1.82, 2.24) is 9.97 Å². The molecule has 1 radical (unpaired) electrons. The van der Waals surface area contributed by atoms with Gasteiger partial charge < -0.3 is 5.11 Å². The molecule has 0 spiro atoms. The Morgan fingerprint density at radius 3 is 2.29 bits per heavy atom. The number of hydrogen-bond donors (Lipinski definition) is 1. The van der Waals surface area contributed by atoms with E-state index in [1.807, 2.05) is 27.7 Å². The molecule has 0 amide bonds. The van der Waals surface area contributed by atoms with Crippen LogP contribution in [-0.2, 0) is 24.9 Å². The zero-order chi connectivity index (χ0) is 35.3. The van der Waals surface area contributed by atoms with E-state index in [2.05, 4.69) is 84.2 Å². The Morgan fingerprint density at radius 2 is 1.63 bits per heavy atom. The third-order valence-corrected chi connectivity index (χ3v) is 13.4. The summed E-state index contributed by atoms with van der Waals surface area (Å²) in [5, 5.41) is 14.7. The molecule has 1 N–H and O–H groups in total. The fourth-order valence-electron chi connectivity index (χ4n) is 7.18. The molecular formula is C42H53IrN2O2SSi-. The van der Waals surface area contributed by atoms with E-state index in [1.54, 1.807) is 11.3 Å².